The number of alkyl halides is 2. The molecule has 2 aromatic rings. The Balaban J connectivity index is 1.87. The van der Waals surface area contributed by atoms with E-state index in [-0.39, 0.29) is 12.5 Å². The van der Waals surface area contributed by atoms with Gasteiger partial charge in [-0.25, -0.2) is 0 Å². The lowest BCUT2D eigenvalue weighted by molar-refractivity contribution is -0.117. The summed E-state index contributed by atoms with van der Waals surface area (Å²) in [6, 6.07) is 14.0. The van der Waals surface area contributed by atoms with Crippen LogP contribution in [0.5, 0.6) is 5.75 Å². The van der Waals surface area contributed by atoms with E-state index in [0.717, 1.165) is 11.3 Å². The largest absolute Gasteiger partial charge is 0.496 e. The van der Waals surface area contributed by atoms with Crippen molar-refractivity contribution in [2.75, 3.05) is 26.0 Å². The predicted octanol–water partition coefficient (Wildman–Crippen LogP) is 4.08. The Morgan fingerprint density at radius 2 is 1.88 bits per heavy atom. The molecule has 0 fully saturated rings. The van der Waals surface area contributed by atoms with Gasteiger partial charge in [0.05, 0.1) is 13.7 Å². The summed E-state index contributed by atoms with van der Waals surface area (Å²) in [6.07, 6.45) is 0. The van der Waals surface area contributed by atoms with Crippen LogP contribution in [0.15, 0.2) is 53.4 Å². The number of para-hydroxylation sites is 1. The zero-order valence-electron chi connectivity index (χ0n) is 14.0. The molecule has 0 bridgehead atoms. The number of halogens is 2. The number of likely N-dealkylation sites (N-methyl/N-ethyl adjacent to an activating group) is 1. The van der Waals surface area contributed by atoms with Gasteiger partial charge in [0.25, 0.3) is 5.76 Å². The highest BCUT2D eigenvalue weighted by molar-refractivity contribution is 7.99. The molecular formula is C18H20F2N2O2S. The zero-order chi connectivity index (χ0) is 18.2. The van der Waals surface area contributed by atoms with E-state index in [9.17, 15) is 13.6 Å². The average molecular weight is 366 g/mol. The molecule has 2 rings (SSSR count). The molecule has 0 saturated carbocycles. The second-order valence-electron chi connectivity index (χ2n) is 5.44. The summed E-state index contributed by atoms with van der Waals surface area (Å²) in [5.41, 5.74) is 1.57. The first kappa shape index (κ1) is 19.2. The highest BCUT2D eigenvalue weighted by Gasteiger charge is 2.11. The Kier molecular flexibility index (Phi) is 7.21. The Labute approximate surface area is 150 Å². The van der Waals surface area contributed by atoms with Gasteiger partial charge in [0.2, 0.25) is 5.91 Å². The fourth-order valence-electron chi connectivity index (χ4n) is 2.35. The summed E-state index contributed by atoms with van der Waals surface area (Å²) in [5.74, 6) is -1.85. The lowest BCUT2D eigenvalue weighted by atomic mass is 10.2. The van der Waals surface area contributed by atoms with Gasteiger partial charge >= 0.3 is 0 Å². The molecule has 134 valence electrons. The second kappa shape index (κ2) is 9.39. The molecule has 4 nitrogen and oxygen atoms in total. The van der Waals surface area contributed by atoms with Gasteiger partial charge in [0, 0.05) is 22.7 Å². The van der Waals surface area contributed by atoms with E-state index in [4.69, 9.17) is 4.74 Å². The second-order valence-corrected chi connectivity index (χ2v) is 6.50. The third-order valence-corrected chi connectivity index (χ3v) is 4.13. The fourth-order valence-corrected chi connectivity index (χ4v) is 2.84. The average Bonchev–Trinajstić information content (AvgIpc) is 2.56. The van der Waals surface area contributed by atoms with E-state index >= 15 is 0 Å². The molecule has 0 unspecified atom stereocenters. The molecular weight excluding hydrogens is 346 g/mol. The first-order chi connectivity index (χ1) is 12.0. The van der Waals surface area contributed by atoms with Crippen molar-refractivity contribution < 1.29 is 18.3 Å². The molecule has 1 amide bonds. The minimum atomic E-state index is -2.45. The number of rotatable bonds is 8. The molecule has 0 aliphatic rings. The van der Waals surface area contributed by atoms with Gasteiger partial charge in [0.15, 0.2) is 0 Å². The van der Waals surface area contributed by atoms with Crippen molar-refractivity contribution >= 4 is 23.4 Å². The zero-order valence-corrected chi connectivity index (χ0v) is 14.9. The van der Waals surface area contributed by atoms with E-state index < -0.39 is 5.76 Å². The number of hydrogen-bond donors (Lipinski definition) is 1. The number of benzene rings is 2. The van der Waals surface area contributed by atoms with Gasteiger partial charge in [-0.3, -0.25) is 9.69 Å². The molecule has 25 heavy (non-hydrogen) atoms. The van der Waals surface area contributed by atoms with Crippen LogP contribution in [0.3, 0.4) is 0 Å². The third-order valence-electron chi connectivity index (χ3n) is 3.41. The summed E-state index contributed by atoms with van der Waals surface area (Å²) in [6.45, 7) is 0.771. The van der Waals surface area contributed by atoms with Gasteiger partial charge in [-0.2, -0.15) is 8.78 Å². The summed E-state index contributed by atoms with van der Waals surface area (Å²) in [7, 11) is 3.45. The van der Waals surface area contributed by atoms with Gasteiger partial charge < -0.3 is 10.1 Å². The van der Waals surface area contributed by atoms with Crippen LogP contribution in [0.1, 0.15) is 5.56 Å². The summed E-state index contributed by atoms with van der Waals surface area (Å²) >= 11 is 0.475. The van der Waals surface area contributed by atoms with Crippen LogP contribution >= 0.6 is 11.8 Å². The maximum atomic E-state index is 12.3. The number of hydrogen-bond acceptors (Lipinski definition) is 4. The van der Waals surface area contributed by atoms with Crippen molar-refractivity contribution in [2.45, 2.75) is 17.2 Å². The van der Waals surface area contributed by atoms with Gasteiger partial charge in [-0.05, 0) is 37.4 Å². The molecule has 0 aromatic heterocycles. The fraction of sp³-hybridized carbons (Fsp3) is 0.278. The Morgan fingerprint density at radius 1 is 1.20 bits per heavy atom. The molecule has 0 spiro atoms. The number of thioether (sulfide) groups is 1. The summed E-state index contributed by atoms with van der Waals surface area (Å²) in [4.78, 5) is 14.4. The first-order valence-corrected chi connectivity index (χ1v) is 8.51. The number of nitrogens with one attached hydrogen (secondary N) is 1. The molecule has 0 saturated heterocycles. The van der Waals surface area contributed by atoms with Crippen LogP contribution < -0.4 is 10.1 Å². The number of amides is 1. The Morgan fingerprint density at radius 3 is 2.52 bits per heavy atom. The molecule has 2 aromatic carbocycles. The number of anilines is 1. The lowest BCUT2D eigenvalue weighted by Gasteiger charge is -2.18. The normalized spacial score (nSPS) is 11.0. The van der Waals surface area contributed by atoms with Crippen LogP contribution in [0.25, 0.3) is 0 Å². The molecule has 7 heteroatoms. The standard InChI is InChI=1S/C18H20F2N2O2S/c1-22(11-13-5-3-4-6-16(13)24-2)12-17(23)21-14-7-9-15(10-8-14)25-18(19)20/h3-10,18H,11-12H2,1-2H3,(H,21,23). The number of carbonyl (C=O) groups is 1. The first-order valence-electron chi connectivity index (χ1n) is 7.63. The highest BCUT2D eigenvalue weighted by Crippen LogP contribution is 2.26. The van der Waals surface area contributed by atoms with Crippen molar-refractivity contribution in [3.8, 4) is 5.75 Å². The molecule has 0 atom stereocenters. The molecule has 0 radical (unpaired) electrons. The van der Waals surface area contributed by atoms with Crippen LogP contribution in [-0.4, -0.2) is 37.3 Å². The van der Waals surface area contributed by atoms with Crippen LogP contribution in [0.2, 0.25) is 0 Å². The van der Waals surface area contributed by atoms with E-state index in [0.29, 0.717) is 28.9 Å². The van der Waals surface area contributed by atoms with Crippen LogP contribution in [0.4, 0.5) is 14.5 Å². The maximum Gasteiger partial charge on any atom is 0.288 e. The SMILES string of the molecule is COc1ccccc1CN(C)CC(=O)Nc1ccc(SC(F)F)cc1. The lowest BCUT2D eigenvalue weighted by Crippen LogP contribution is -2.29. The molecule has 1 N–H and O–H groups in total. The van der Waals surface area contributed by atoms with Gasteiger partial charge in [0.1, 0.15) is 5.75 Å². The number of methoxy groups -OCH3 is 1. The van der Waals surface area contributed by atoms with Crippen LogP contribution in [-0.2, 0) is 11.3 Å². The van der Waals surface area contributed by atoms with Gasteiger partial charge in [-0.1, -0.05) is 30.0 Å². The number of carbonyl (C=O) groups excluding carboxylic acids is 1. The maximum absolute atomic E-state index is 12.3. The van der Waals surface area contributed by atoms with Crippen molar-refractivity contribution in [1.82, 2.24) is 4.90 Å². The Bertz CT molecular complexity index is 696. The minimum Gasteiger partial charge on any atom is -0.496 e. The number of ether oxygens (including phenoxy) is 1. The molecule has 0 heterocycles. The van der Waals surface area contributed by atoms with Crippen molar-refractivity contribution in [2.24, 2.45) is 0 Å². The summed E-state index contributed by atoms with van der Waals surface area (Å²) < 4.78 is 29.9. The third kappa shape index (κ3) is 6.36. The predicted molar refractivity (Wildman–Crippen MR) is 96.3 cm³/mol. The van der Waals surface area contributed by atoms with Gasteiger partial charge in [-0.15, -0.1) is 0 Å². The quantitative estimate of drug-likeness (QED) is 0.715. The van der Waals surface area contributed by atoms with Crippen molar-refractivity contribution in [3.05, 3.63) is 54.1 Å². The molecule has 0 aliphatic heterocycles. The monoisotopic (exact) mass is 366 g/mol. The van der Waals surface area contributed by atoms with E-state index in [1.807, 2.05) is 36.2 Å². The van der Waals surface area contributed by atoms with Crippen LogP contribution in [0, 0.1) is 0 Å². The van der Waals surface area contributed by atoms with E-state index in [1.165, 1.54) is 0 Å². The minimum absolute atomic E-state index is 0.174. The Hall–Kier alpha value is -2.12. The van der Waals surface area contributed by atoms with Crippen molar-refractivity contribution in [1.29, 1.82) is 0 Å². The number of nitrogens with zero attached hydrogens (tertiary/aromatic N) is 1. The summed E-state index contributed by atoms with van der Waals surface area (Å²) in [5, 5.41) is 2.76. The smallest absolute Gasteiger partial charge is 0.288 e. The molecule has 0 aliphatic carbocycles. The highest BCUT2D eigenvalue weighted by atomic mass is 32.2. The van der Waals surface area contributed by atoms with E-state index in [2.05, 4.69) is 5.32 Å². The van der Waals surface area contributed by atoms with Crippen molar-refractivity contribution in [3.63, 3.8) is 0 Å². The van der Waals surface area contributed by atoms with E-state index in [1.54, 1.807) is 31.4 Å². The topological polar surface area (TPSA) is 41.6 Å².